The van der Waals surface area contributed by atoms with E-state index in [1.165, 1.54) is 35.6 Å². The second kappa shape index (κ2) is 5.37. The molecule has 2 aromatic carbocycles. The minimum Gasteiger partial charge on any atom is -0.310 e. The molecule has 20 heavy (non-hydrogen) atoms. The van der Waals surface area contributed by atoms with Crippen molar-refractivity contribution in [3.05, 3.63) is 58.9 Å². The number of halogens is 1. The maximum Gasteiger partial charge on any atom is 0.123 e. The fraction of sp³-hybridized carbons (Fsp3) is 0.333. The highest BCUT2D eigenvalue weighted by Crippen LogP contribution is 2.28. The summed E-state index contributed by atoms with van der Waals surface area (Å²) < 4.78 is 13.2. The molecule has 2 aromatic rings. The Morgan fingerprint density at radius 3 is 2.50 bits per heavy atom. The van der Waals surface area contributed by atoms with Gasteiger partial charge in [-0.15, -0.1) is 0 Å². The summed E-state index contributed by atoms with van der Waals surface area (Å²) in [6, 6.07) is 12.3. The highest BCUT2D eigenvalue weighted by atomic mass is 19.1. The van der Waals surface area contributed by atoms with Crippen LogP contribution in [0, 0.1) is 19.7 Å². The molecule has 1 aliphatic carbocycles. The molecule has 1 nitrogen and oxygen atoms in total. The molecule has 1 N–H and O–H groups in total. The van der Waals surface area contributed by atoms with E-state index in [0.29, 0.717) is 6.04 Å². The van der Waals surface area contributed by atoms with Crippen molar-refractivity contribution in [2.45, 2.75) is 39.3 Å². The highest BCUT2D eigenvalue weighted by Gasteiger charge is 2.20. The molecular weight excluding hydrogens is 249 g/mol. The Balaban J connectivity index is 1.92. The van der Waals surface area contributed by atoms with Crippen LogP contribution in [0.25, 0.3) is 11.1 Å². The fourth-order valence-corrected chi connectivity index (χ4v) is 2.55. The average molecular weight is 269 g/mol. The molecule has 0 aliphatic heterocycles. The lowest BCUT2D eigenvalue weighted by Crippen LogP contribution is -2.15. The molecule has 0 aromatic heterocycles. The Labute approximate surface area is 119 Å². The SMILES string of the molecule is Cc1cc(F)ccc1-c1cc(CNC2CC2)ccc1C. The second-order valence-corrected chi connectivity index (χ2v) is 5.76. The molecule has 0 amide bonds. The van der Waals surface area contributed by atoms with Gasteiger partial charge in [0.1, 0.15) is 5.82 Å². The van der Waals surface area contributed by atoms with Crippen molar-refractivity contribution in [3.8, 4) is 11.1 Å². The van der Waals surface area contributed by atoms with Crippen LogP contribution in [0.4, 0.5) is 4.39 Å². The van der Waals surface area contributed by atoms with Gasteiger partial charge in [-0.3, -0.25) is 0 Å². The predicted octanol–water partition coefficient (Wildman–Crippen LogP) is 4.36. The topological polar surface area (TPSA) is 12.0 Å². The third-order valence-corrected chi connectivity index (χ3v) is 3.95. The molecule has 0 heterocycles. The number of aryl methyl sites for hydroxylation is 2. The van der Waals surface area contributed by atoms with Crippen LogP contribution in [0.5, 0.6) is 0 Å². The quantitative estimate of drug-likeness (QED) is 0.869. The molecule has 1 aliphatic rings. The van der Waals surface area contributed by atoms with Crippen LogP contribution in [0.15, 0.2) is 36.4 Å². The van der Waals surface area contributed by atoms with E-state index in [0.717, 1.165) is 17.7 Å². The zero-order valence-corrected chi connectivity index (χ0v) is 12.0. The van der Waals surface area contributed by atoms with E-state index in [-0.39, 0.29) is 5.82 Å². The first-order valence-corrected chi connectivity index (χ1v) is 7.23. The van der Waals surface area contributed by atoms with Gasteiger partial charge in [0.2, 0.25) is 0 Å². The van der Waals surface area contributed by atoms with Gasteiger partial charge >= 0.3 is 0 Å². The smallest absolute Gasteiger partial charge is 0.123 e. The van der Waals surface area contributed by atoms with E-state index in [1.807, 2.05) is 13.0 Å². The lowest BCUT2D eigenvalue weighted by Gasteiger charge is -2.12. The van der Waals surface area contributed by atoms with Gasteiger partial charge in [0, 0.05) is 12.6 Å². The normalized spacial score (nSPS) is 14.6. The van der Waals surface area contributed by atoms with Crippen LogP contribution >= 0.6 is 0 Å². The summed E-state index contributed by atoms with van der Waals surface area (Å²) in [6.45, 7) is 4.99. The number of benzene rings is 2. The molecule has 1 saturated carbocycles. The van der Waals surface area contributed by atoms with Gasteiger partial charge in [-0.05, 0) is 72.7 Å². The van der Waals surface area contributed by atoms with Gasteiger partial charge in [0.15, 0.2) is 0 Å². The van der Waals surface area contributed by atoms with E-state index in [2.05, 4.69) is 30.4 Å². The largest absolute Gasteiger partial charge is 0.310 e. The summed E-state index contributed by atoms with van der Waals surface area (Å²) in [7, 11) is 0. The van der Waals surface area contributed by atoms with Gasteiger partial charge in [-0.2, -0.15) is 0 Å². The molecule has 104 valence electrons. The van der Waals surface area contributed by atoms with Gasteiger partial charge in [-0.25, -0.2) is 4.39 Å². The highest BCUT2D eigenvalue weighted by molar-refractivity contribution is 5.71. The van der Waals surface area contributed by atoms with Crippen molar-refractivity contribution in [3.63, 3.8) is 0 Å². The third-order valence-electron chi connectivity index (χ3n) is 3.95. The summed E-state index contributed by atoms with van der Waals surface area (Å²) in [6.07, 6.45) is 2.60. The van der Waals surface area contributed by atoms with E-state index in [1.54, 1.807) is 6.07 Å². The van der Waals surface area contributed by atoms with Crippen LogP contribution in [0.3, 0.4) is 0 Å². The molecule has 0 unspecified atom stereocenters. The number of hydrogen-bond acceptors (Lipinski definition) is 1. The molecule has 0 radical (unpaired) electrons. The Hall–Kier alpha value is -1.67. The van der Waals surface area contributed by atoms with Crippen LogP contribution in [0.2, 0.25) is 0 Å². The first kappa shape index (κ1) is 13.3. The lowest BCUT2D eigenvalue weighted by molar-refractivity contribution is 0.627. The summed E-state index contributed by atoms with van der Waals surface area (Å²) >= 11 is 0. The van der Waals surface area contributed by atoms with Crippen molar-refractivity contribution >= 4 is 0 Å². The second-order valence-electron chi connectivity index (χ2n) is 5.76. The maximum absolute atomic E-state index is 13.2. The Morgan fingerprint density at radius 2 is 1.80 bits per heavy atom. The number of hydrogen-bond donors (Lipinski definition) is 1. The number of nitrogens with one attached hydrogen (secondary N) is 1. The van der Waals surface area contributed by atoms with Gasteiger partial charge in [0.05, 0.1) is 0 Å². The molecule has 1 fully saturated rings. The standard InChI is InChI=1S/C18H20FN/c1-12-3-4-14(11-20-16-6-7-16)10-18(12)17-8-5-15(19)9-13(17)2/h3-5,8-10,16,20H,6-7,11H2,1-2H3. The van der Waals surface area contributed by atoms with Crippen LogP contribution in [-0.2, 0) is 6.54 Å². The summed E-state index contributed by atoms with van der Waals surface area (Å²) in [5, 5.41) is 3.53. The zero-order chi connectivity index (χ0) is 14.1. The Kier molecular flexibility index (Phi) is 3.58. The summed E-state index contributed by atoms with van der Waals surface area (Å²) in [5.74, 6) is -0.171. The van der Waals surface area contributed by atoms with E-state index in [9.17, 15) is 4.39 Å². The molecule has 2 heteroatoms. The molecule has 0 spiro atoms. The Morgan fingerprint density at radius 1 is 1.00 bits per heavy atom. The van der Waals surface area contributed by atoms with Crippen LogP contribution in [0.1, 0.15) is 29.5 Å². The summed E-state index contributed by atoms with van der Waals surface area (Å²) in [4.78, 5) is 0. The van der Waals surface area contributed by atoms with Crippen molar-refractivity contribution in [2.75, 3.05) is 0 Å². The van der Waals surface area contributed by atoms with Crippen molar-refractivity contribution in [1.29, 1.82) is 0 Å². The minimum absolute atomic E-state index is 0.171. The van der Waals surface area contributed by atoms with Crippen molar-refractivity contribution in [1.82, 2.24) is 5.32 Å². The fourth-order valence-electron chi connectivity index (χ4n) is 2.55. The van der Waals surface area contributed by atoms with Crippen molar-refractivity contribution < 1.29 is 4.39 Å². The molecule has 0 atom stereocenters. The summed E-state index contributed by atoms with van der Waals surface area (Å²) in [5.41, 5.74) is 5.84. The van der Waals surface area contributed by atoms with Crippen LogP contribution in [-0.4, -0.2) is 6.04 Å². The maximum atomic E-state index is 13.2. The minimum atomic E-state index is -0.171. The predicted molar refractivity (Wildman–Crippen MR) is 81.2 cm³/mol. The van der Waals surface area contributed by atoms with E-state index < -0.39 is 0 Å². The van der Waals surface area contributed by atoms with Crippen LogP contribution < -0.4 is 5.32 Å². The van der Waals surface area contributed by atoms with E-state index >= 15 is 0 Å². The molecule has 3 rings (SSSR count). The first-order chi connectivity index (χ1) is 9.63. The lowest BCUT2D eigenvalue weighted by atomic mass is 9.95. The average Bonchev–Trinajstić information content (AvgIpc) is 3.22. The Bertz CT molecular complexity index is 629. The monoisotopic (exact) mass is 269 g/mol. The zero-order valence-electron chi connectivity index (χ0n) is 12.0. The molecular formula is C18H20FN. The van der Waals surface area contributed by atoms with E-state index in [4.69, 9.17) is 0 Å². The third kappa shape index (κ3) is 2.91. The van der Waals surface area contributed by atoms with Gasteiger partial charge in [0.25, 0.3) is 0 Å². The molecule has 0 bridgehead atoms. The van der Waals surface area contributed by atoms with Crippen molar-refractivity contribution in [2.24, 2.45) is 0 Å². The van der Waals surface area contributed by atoms with Gasteiger partial charge < -0.3 is 5.32 Å². The number of rotatable bonds is 4. The molecule has 0 saturated heterocycles. The first-order valence-electron chi connectivity index (χ1n) is 7.23. The van der Waals surface area contributed by atoms with Gasteiger partial charge in [-0.1, -0.05) is 18.2 Å².